The molecule has 1 atom stereocenters. The van der Waals surface area contributed by atoms with Crippen molar-refractivity contribution in [2.45, 2.75) is 32.2 Å². The molecule has 0 radical (unpaired) electrons. The first-order valence-corrected chi connectivity index (χ1v) is 4.29. The van der Waals surface area contributed by atoms with Crippen LogP contribution in [0.25, 0.3) is 0 Å². The summed E-state index contributed by atoms with van der Waals surface area (Å²) in [6.45, 7) is 6.51. The molecule has 70 valence electrons. The van der Waals surface area contributed by atoms with Crippen molar-refractivity contribution in [1.29, 1.82) is 0 Å². The van der Waals surface area contributed by atoms with Gasteiger partial charge in [-0.1, -0.05) is 6.08 Å². The molecule has 0 aliphatic carbocycles. The molecule has 0 saturated carbocycles. The van der Waals surface area contributed by atoms with Crippen LogP contribution >= 0.6 is 0 Å². The minimum absolute atomic E-state index is 0.217. The molecule has 0 heterocycles. The van der Waals surface area contributed by atoms with Gasteiger partial charge in [-0.05, 0) is 19.8 Å². The van der Waals surface area contributed by atoms with E-state index >= 15 is 0 Å². The third kappa shape index (κ3) is 7.28. The summed E-state index contributed by atoms with van der Waals surface area (Å²) in [7, 11) is 0. The van der Waals surface area contributed by atoms with Crippen molar-refractivity contribution in [1.82, 2.24) is 5.32 Å². The summed E-state index contributed by atoms with van der Waals surface area (Å²) >= 11 is 0. The first kappa shape index (κ1) is 11.2. The van der Waals surface area contributed by atoms with E-state index in [2.05, 4.69) is 18.8 Å². The molecule has 0 spiro atoms. The molecular formula is C9H18N2O. The number of primary amides is 1. The van der Waals surface area contributed by atoms with Crippen molar-refractivity contribution >= 4 is 5.91 Å². The molecule has 3 nitrogen and oxygen atoms in total. The van der Waals surface area contributed by atoms with E-state index in [-0.39, 0.29) is 5.91 Å². The molecule has 0 aliphatic rings. The summed E-state index contributed by atoms with van der Waals surface area (Å²) in [5.74, 6) is -0.217. The van der Waals surface area contributed by atoms with Crippen molar-refractivity contribution in [2.24, 2.45) is 5.73 Å². The number of carbonyl (C=O) groups excluding carboxylic acids is 1. The molecule has 1 amide bonds. The largest absolute Gasteiger partial charge is 0.370 e. The fraction of sp³-hybridized carbons (Fsp3) is 0.667. The van der Waals surface area contributed by atoms with Gasteiger partial charge in [0.25, 0.3) is 0 Å². The van der Waals surface area contributed by atoms with Crippen LogP contribution in [0, 0.1) is 0 Å². The molecule has 0 fully saturated rings. The Balaban J connectivity index is 3.24. The van der Waals surface area contributed by atoms with Crippen LogP contribution in [0.5, 0.6) is 0 Å². The fourth-order valence-electron chi connectivity index (χ4n) is 0.969. The Hall–Kier alpha value is -0.830. The smallest absolute Gasteiger partial charge is 0.217 e. The van der Waals surface area contributed by atoms with E-state index in [0.29, 0.717) is 12.5 Å². The van der Waals surface area contributed by atoms with E-state index < -0.39 is 0 Å². The van der Waals surface area contributed by atoms with E-state index in [4.69, 9.17) is 5.73 Å². The summed E-state index contributed by atoms with van der Waals surface area (Å²) in [5.41, 5.74) is 5.00. The first-order chi connectivity index (χ1) is 5.66. The Morgan fingerprint density at radius 1 is 1.75 bits per heavy atom. The van der Waals surface area contributed by atoms with Crippen molar-refractivity contribution in [3.8, 4) is 0 Å². The summed E-state index contributed by atoms with van der Waals surface area (Å²) in [6.07, 6.45) is 4.15. The van der Waals surface area contributed by atoms with Gasteiger partial charge in [0.1, 0.15) is 0 Å². The molecule has 0 saturated heterocycles. The van der Waals surface area contributed by atoms with Crippen molar-refractivity contribution in [3.05, 3.63) is 12.7 Å². The number of nitrogens with two attached hydrogens (primary N) is 1. The zero-order valence-corrected chi connectivity index (χ0v) is 7.68. The van der Waals surface area contributed by atoms with Gasteiger partial charge in [-0.2, -0.15) is 0 Å². The molecule has 3 heteroatoms. The van der Waals surface area contributed by atoms with Crippen LogP contribution in [-0.4, -0.2) is 18.5 Å². The van der Waals surface area contributed by atoms with Gasteiger partial charge in [-0.3, -0.25) is 4.79 Å². The minimum atomic E-state index is -0.217. The maximum atomic E-state index is 10.4. The number of hydrogen-bond donors (Lipinski definition) is 2. The van der Waals surface area contributed by atoms with E-state index in [1.807, 2.05) is 6.08 Å². The van der Waals surface area contributed by atoms with Crippen LogP contribution < -0.4 is 11.1 Å². The highest BCUT2D eigenvalue weighted by Crippen LogP contribution is 1.99. The second-order valence-electron chi connectivity index (χ2n) is 2.96. The molecule has 0 bridgehead atoms. The lowest BCUT2D eigenvalue weighted by Gasteiger charge is -2.10. The lowest BCUT2D eigenvalue weighted by atomic mass is 10.1. The summed E-state index contributed by atoms with van der Waals surface area (Å²) in [5, 5.41) is 3.24. The molecule has 0 aromatic heterocycles. The van der Waals surface area contributed by atoms with Gasteiger partial charge in [0.2, 0.25) is 5.91 Å². The molecule has 0 aliphatic heterocycles. The lowest BCUT2D eigenvalue weighted by Crippen LogP contribution is -2.26. The number of hydrogen-bond acceptors (Lipinski definition) is 2. The van der Waals surface area contributed by atoms with Gasteiger partial charge in [0.15, 0.2) is 0 Å². The Bertz CT molecular complexity index is 145. The maximum absolute atomic E-state index is 10.4. The molecule has 0 aromatic rings. The lowest BCUT2D eigenvalue weighted by molar-refractivity contribution is -0.118. The quantitative estimate of drug-likeness (QED) is 0.555. The predicted molar refractivity (Wildman–Crippen MR) is 50.7 cm³/mol. The minimum Gasteiger partial charge on any atom is -0.370 e. The van der Waals surface area contributed by atoms with Gasteiger partial charge in [0.05, 0.1) is 0 Å². The SMILES string of the molecule is C=CCNC(C)CCCC(N)=O. The average Bonchev–Trinajstić information content (AvgIpc) is 2.00. The zero-order chi connectivity index (χ0) is 9.40. The fourth-order valence-corrected chi connectivity index (χ4v) is 0.969. The Morgan fingerprint density at radius 3 is 2.92 bits per heavy atom. The number of amides is 1. The van der Waals surface area contributed by atoms with Crippen LogP contribution in [0.15, 0.2) is 12.7 Å². The molecule has 12 heavy (non-hydrogen) atoms. The molecule has 3 N–H and O–H groups in total. The first-order valence-electron chi connectivity index (χ1n) is 4.29. The highest BCUT2D eigenvalue weighted by molar-refractivity contribution is 5.73. The van der Waals surface area contributed by atoms with Crippen LogP contribution in [0.2, 0.25) is 0 Å². The Labute approximate surface area is 74.0 Å². The van der Waals surface area contributed by atoms with Gasteiger partial charge in [-0.15, -0.1) is 6.58 Å². The highest BCUT2D eigenvalue weighted by atomic mass is 16.1. The third-order valence-corrected chi connectivity index (χ3v) is 1.67. The van der Waals surface area contributed by atoms with Gasteiger partial charge in [0, 0.05) is 19.0 Å². The van der Waals surface area contributed by atoms with Crippen LogP contribution in [0.1, 0.15) is 26.2 Å². The Kier molecular flexibility index (Phi) is 6.38. The average molecular weight is 170 g/mol. The number of nitrogens with one attached hydrogen (secondary N) is 1. The van der Waals surface area contributed by atoms with Crippen molar-refractivity contribution in [3.63, 3.8) is 0 Å². The summed E-state index contributed by atoms with van der Waals surface area (Å²) < 4.78 is 0. The van der Waals surface area contributed by atoms with E-state index in [9.17, 15) is 4.79 Å². The Morgan fingerprint density at radius 2 is 2.42 bits per heavy atom. The predicted octanol–water partition coefficient (Wildman–Crippen LogP) is 0.806. The van der Waals surface area contributed by atoms with E-state index in [1.54, 1.807) is 0 Å². The van der Waals surface area contributed by atoms with E-state index in [0.717, 1.165) is 19.4 Å². The van der Waals surface area contributed by atoms with Gasteiger partial charge < -0.3 is 11.1 Å². The van der Waals surface area contributed by atoms with E-state index in [1.165, 1.54) is 0 Å². The molecule has 0 rings (SSSR count). The molecule has 1 unspecified atom stereocenters. The summed E-state index contributed by atoms with van der Waals surface area (Å²) in [6, 6.07) is 0.433. The van der Waals surface area contributed by atoms with Crippen LogP contribution in [0.3, 0.4) is 0 Å². The topological polar surface area (TPSA) is 55.1 Å². The van der Waals surface area contributed by atoms with Crippen LogP contribution in [-0.2, 0) is 4.79 Å². The second-order valence-corrected chi connectivity index (χ2v) is 2.96. The normalized spacial score (nSPS) is 12.4. The standard InChI is InChI=1S/C9H18N2O/c1-3-7-11-8(2)5-4-6-9(10)12/h3,8,11H,1,4-7H2,2H3,(H2,10,12). The van der Waals surface area contributed by atoms with Gasteiger partial charge >= 0.3 is 0 Å². The highest BCUT2D eigenvalue weighted by Gasteiger charge is 2.00. The maximum Gasteiger partial charge on any atom is 0.217 e. The number of rotatable bonds is 7. The van der Waals surface area contributed by atoms with Crippen molar-refractivity contribution in [2.75, 3.05) is 6.54 Å². The molecule has 0 aromatic carbocycles. The third-order valence-electron chi connectivity index (χ3n) is 1.67. The van der Waals surface area contributed by atoms with Gasteiger partial charge in [-0.25, -0.2) is 0 Å². The zero-order valence-electron chi connectivity index (χ0n) is 7.68. The van der Waals surface area contributed by atoms with Crippen LogP contribution in [0.4, 0.5) is 0 Å². The number of carbonyl (C=O) groups is 1. The summed E-state index contributed by atoms with van der Waals surface area (Å²) in [4.78, 5) is 10.4. The molecular weight excluding hydrogens is 152 g/mol. The second kappa shape index (κ2) is 6.85. The monoisotopic (exact) mass is 170 g/mol. The van der Waals surface area contributed by atoms with Crippen molar-refractivity contribution < 1.29 is 4.79 Å².